The van der Waals surface area contributed by atoms with E-state index in [0.717, 1.165) is 37.1 Å². The van der Waals surface area contributed by atoms with Crippen molar-refractivity contribution in [3.8, 4) is 0 Å². The fourth-order valence-corrected chi connectivity index (χ4v) is 2.19. The van der Waals surface area contributed by atoms with Crippen molar-refractivity contribution in [3.05, 3.63) is 11.4 Å². The summed E-state index contributed by atoms with van der Waals surface area (Å²) in [7, 11) is -4.01. The lowest BCUT2D eigenvalue weighted by Gasteiger charge is -2.21. The molecular formula is C7H14NO3P. The second-order valence-corrected chi connectivity index (χ2v) is 4.58. The molecule has 0 aliphatic heterocycles. The molecule has 0 spiro atoms. The highest BCUT2D eigenvalue weighted by Gasteiger charge is 2.18. The molecule has 1 atom stereocenters. The minimum atomic E-state index is -4.01. The fourth-order valence-electron chi connectivity index (χ4n) is 1.44. The van der Waals surface area contributed by atoms with Crippen LogP contribution in [-0.4, -0.2) is 15.8 Å². The zero-order chi connectivity index (χ0) is 9.19. The Bertz CT molecular complexity index is 233. The SMILES string of the molecule is NC1CCCC/C1=C\P(=O)(O)O. The first-order chi connectivity index (χ1) is 5.49. The second-order valence-electron chi connectivity index (χ2n) is 3.15. The lowest BCUT2D eigenvalue weighted by molar-refractivity contribution is 0.384. The van der Waals surface area contributed by atoms with Crippen molar-refractivity contribution in [2.75, 3.05) is 0 Å². The van der Waals surface area contributed by atoms with Crippen molar-refractivity contribution in [2.45, 2.75) is 31.7 Å². The molecule has 70 valence electrons. The topological polar surface area (TPSA) is 83.6 Å². The summed E-state index contributed by atoms with van der Waals surface area (Å²) in [4.78, 5) is 17.3. The Morgan fingerprint density at radius 2 is 2.17 bits per heavy atom. The van der Waals surface area contributed by atoms with E-state index >= 15 is 0 Å². The van der Waals surface area contributed by atoms with Crippen molar-refractivity contribution in [1.29, 1.82) is 0 Å². The lowest BCUT2D eigenvalue weighted by Crippen LogP contribution is -2.25. The van der Waals surface area contributed by atoms with E-state index in [4.69, 9.17) is 15.5 Å². The van der Waals surface area contributed by atoms with Crippen LogP contribution in [0.4, 0.5) is 0 Å². The maximum Gasteiger partial charge on any atom is 0.349 e. The van der Waals surface area contributed by atoms with Crippen molar-refractivity contribution in [2.24, 2.45) is 5.73 Å². The van der Waals surface area contributed by atoms with Gasteiger partial charge in [-0.1, -0.05) is 6.42 Å². The van der Waals surface area contributed by atoms with E-state index in [2.05, 4.69) is 0 Å². The van der Waals surface area contributed by atoms with Gasteiger partial charge in [-0.2, -0.15) is 0 Å². The van der Waals surface area contributed by atoms with Crippen LogP contribution < -0.4 is 5.73 Å². The minimum Gasteiger partial charge on any atom is -0.324 e. The van der Waals surface area contributed by atoms with Gasteiger partial charge in [-0.3, -0.25) is 4.57 Å². The van der Waals surface area contributed by atoms with Crippen LogP contribution in [0.15, 0.2) is 11.4 Å². The number of rotatable bonds is 1. The van der Waals surface area contributed by atoms with Gasteiger partial charge >= 0.3 is 7.60 Å². The molecule has 1 fully saturated rings. The van der Waals surface area contributed by atoms with Gasteiger partial charge in [0.1, 0.15) is 0 Å². The van der Waals surface area contributed by atoms with Gasteiger partial charge in [0.25, 0.3) is 0 Å². The number of nitrogens with two attached hydrogens (primary N) is 1. The summed E-state index contributed by atoms with van der Waals surface area (Å²) in [6, 6.07) is -0.147. The zero-order valence-electron chi connectivity index (χ0n) is 6.81. The molecule has 0 bridgehead atoms. The van der Waals surface area contributed by atoms with Gasteiger partial charge in [0, 0.05) is 11.9 Å². The minimum absolute atomic E-state index is 0.147. The van der Waals surface area contributed by atoms with Gasteiger partial charge in [0.15, 0.2) is 0 Å². The molecular weight excluding hydrogens is 177 g/mol. The second kappa shape index (κ2) is 3.71. The van der Waals surface area contributed by atoms with E-state index in [1.165, 1.54) is 0 Å². The largest absolute Gasteiger partial charge is 0.349 e. The smallest absolute Gasteiger partial charge is 0.324 e. The Balaban J connectivity index is 2.72. The van der Waals surface area contributed by atoms with Crippen LogP contribution in [0.1, 0.15) is 25.7 Å². The zero-order valence-corrected chi connectivity index (χ0v) is 7.70. The van der Waals surface area contributed by atoms with Crippen LogP contribution in [0.2, 0.25) is 0 Å². The molecule has 5 heteroatoms. The summed E-state index contributed by atoms with van der Waals surface area (Å²) in [5.74, 6) is 1.02. The lowest BCUT2D eigenvalue weighted by atomic mass is 9.92. The average molecular weight is 191 g/mol. The first-order valence-corrected chi connectivity index (χ1v) is 5.69. The van der Waals surface area contributed by atoms with Crippen molar-refractivity contribution < 1.29 is 14.4 Å². The predicted molar refractivity (Wildman–Crippen MR) is 46.6 cm³/mol. The number of hydrogen-bond donors (Lipinski definition) is 3. The molecule has 0 saturated heterocycles. The average Bonchev–Trinajstić information content (AvgIpc) is 1.91. The van der Waals surface area contributed by atoms with Gasteiger partial charge in [-0.15, -0.1) is 0 Å². The highest BCUT2D eigenvalue weighted by Crippen LogP contribution is 2.40. The first kappa shape index (κ1) is 9.93. The third kappa shape index (κ3) is 3.07. The summed E-state index contributed by atoms with van der Waals surface area (Å²) >= 11 is 0. The van der Waals surface area contributed by atoms with Crippen molar-refractivity contribution >= 4 is 7.60 Å². The predicted octanol–water partition coefficient (Wildman–Crippen LogP) is 0.949. The molecule has 4 nitrogen and oxygen atoms in total. The molecule has 0 radical (unpaired) electrons. The summed E-state index contributed by atoms with van der Waals surface area (Å²) < 4.78 is 10.6. The van der Waals surface area contributed by atoms with Crippen molar-refractivity contribution in [3.63, 3.8) is 0 Å². The molecule has 1 unspecified atom stereocenters. The van der Waals surface area contributed by atoms with E-state index in [-0.39, 0.29) is 6.04 Å². The van der Waals surface area contributed by atoms with Crippen LogP contribution in [0, 0.1) is 0 Å². The summed E-state index contributed by atoms with van der Waals surface area (Å²) in [5.41, 5.74) is 6.39. The van der Waals surface area contributed by atoms with E-state index in [1.54, 1.807) is 0 Å². The molecule has 0 amide bonds. The molecule has 1 rings (SSSR count). The molecule has 0 aromatic heterocycles. The standard InChI is InChI=1S/C7H14NO3P/c8-7-4-2-1-3-6(7)5-12(9,10)11/h5,7H,1-4,8H2,(H2,9,10,11)/b6-5+. The first-order valence-electron chi connectivity index (χ1n) is 4.01. The van der Waals surface area contributed by atoms with Gasteiger partial charge in [-0.05, 0) is 24.8 Å². The summed E-state index contributed by atoms with van der Waals surface area (Å²) in [5, 5.41) is 0. The highest BCUT2D eigenvalue weighted by molar-refractivity contribution is 7.55. The molecule has 0 aromatic carbocycles. The molecule has 0 heterocycles. The van der Waals surface area contributed by atoms with Gasteiger partial charge in [0.2, 0.25) is 0 Å². The van der Waals surface area contributed by atoms with Crippen LogP contribution in [0.25, 0.3) is 0 Å². The Morgan fingerprint density at radius 3 is 2.67 bits per heavy atom. The van der Waals surface area contributed by atoms with Gasteiger partial charge < -0.3 is 15.5 Å². The third-order valence-corrected chi connectivity index (χ3v) is 2.71. The van der Waals surface area contributed by atoms with Gasteiger partial charge in [-0.25, -0.2) is 0 Å². The fraction of sp³-hybridized carbons (Fsp3) is 0.714. The number of hydrogen-bond acceptors (Lipinski definition) is 2. The quantitative estimate of drug-likeness (QED) is 0.539. The normalized spacial score (nSPS) is 29.2. The molecule has 0 aromatic rings. The molecule has 1 aliphatic rings. The van der Waals surface area contributed by atoms with Crippen LogP contribution in [0.3, 0.4) is 0 Å². The van der Waals surface area contributed by atoms with E-state index in [0.29, 0.717) is 0 Å². The molecule has 1 saturated carbocycles. The maximum atomic E-state index is 10.6. The molecule has 4 N–H and O–H groups in total. The van der Waals surface area contributed by atoms with Crippen LogP contribution >= 0.6 is 7.60 Å². The third-order valence-electron chi connectivity index (χ3n) is 2.04. The summed E-state index contributed by atoms with van der Waals surface area (Å²) in [6.45, 7) is 0. The Hall–Kier alpha value is -0.150. The Kier molecular flexibility index (Phi) is 3.07. The van der Waals surface area contributed by atoms with Crippen molar-refractivity contribution in [1.82, 2.24) is 0 Å². The molecule has 1 aliphatic carbocycles. The van der Waals surface area contributed by atoms with Crippen LogP contribution in [0.5, 0.6) is 0 Å². The van der Waals surface area contributed by atoms with Gasteiger partial charge in [0.05, 0.1) is 0 Å². The molecule has 12 heavy (non-hydrogen) atoms. The summed E-state index contributed by atoms with van der Waals surface area (Å²) in [6.07, 6.45) is 3.61. The maximum absolute atomic E-state index is 10.6. The van der Waals surface area contributed by atoms with E-state index < -0.39 is 7.60 Å². The highest BCUT2D eigenvalue weighted by atomic mass is 31.2. The van der Waals surface area contributed by atoms with E-state index in [9.17, 15) is 4.57 Å². The monoisotopic (exact) mass is 191 g/mol. The Morgan fingerprint density at radius 1 is 1.50 bits per heavy atom. The Labute approximate surface area is 71.6 Å². The van der Waals surface area contributed by atoms with E-state index in [1.807, 2.05) is 0 Å². The van der Waals surface area contributed by atoms with Crippen LogP contribution in [-0.2, 0) is 4.57 Å².